The summed E-state index contributed by atoms with van der Waals surface area (Å²) in [5, 5.41) is 2.03. The third kappa shape index (κ3) is 2.27. The van der Waals surface area contributed by atoms with E-state index in [1.54, 1.807) is 0 Å². The minimum atomic E-state index is 0.789. The first-order valence-electron chi connectivity index (χ1n) is 6.03. The van der Waals surface area contributed by atoms with Gasteiger partial charge in [0, 0.05) is 42.2 Å². The molecule has 1 aromatic carbocycles. The monoisotopic (exact) mass is 259 g/mol. The fourth-order valence-corrected chi connectivity index (χ4v) is 2.36. The molecule has 2 heterocycles. The summed E-state index contributed by atoms with van der Waals surface area (Å²) in [6, 6.07) is 8.14. The molecule has 0 aliphatic rings. The van der Waals surface area contributed by atoms with Crippen molar-refractivity contribution in [1.29, 1.82) is 0 Å². The van der Waals surface area contributed by atoms with Crippen LogP contribution in [0.1, 0.15) is 6.42 Å². The van der Waals surface area contributed by atoms with E-state index in [1.807, 2.05) is 30.9 Å². The molecule has 0 N–H and O–H groups in total. The normalized spacial score (nSPS) is 11.2. The van der Waals surface area contributed by atoms with Crippen molar-refractivity contribution in [2.45, 2.75) is 19.5 Å². The number of halogens is 1. The van der Waals surface area contributed by atoms with Gasteiger partial charge < -0.3 is 9.13 Å². The lowest BCUT2D eigenvalue weighted by Crippen LogP contribution is -2.01. The van der Waals surface area contributed by atoms with Gasteiger partial charge in [-0.25, -0.2) is 4.98 Å². The Labute approximate surface area is 111 Å². The molecule has 18 heavy (non-hydrogen) atoms. The lowest BCUT2D eigenvalue weighted by molar-refractivity contribution is 0.573. The van der Waals surface area contributed by atoms with Crippen LogP contribution >= 0.6 is 11.6 Å². The van der Waals surface area contributed by atoms with Crippen LogP contribution in [0.5, 0.6) is 0 Å². The van der Waals surface area contributed by atoms with Gasteiger partial charge >= 0.3 is 0 Å². The van der Waals surface area contributed by atoms with E-state index in [9.17, 15) is 0 Å². The fourth-order valence-electron chi connectivity index (χ4n) is 2.19. The average Bonchev–Trinajstić information content (AvgIpc) is 2.99. The van der Waals surface area contributed by atoms with Crippen molar-refractivity contribution >= 4 is 22.5 Å². The fraction of sp³-hybridized carbons (Fsp3) is 0.214. The largest absolute Gasteiger partial charge is 0.347 e. The number of benzene rings is 1. The zero-order valence-electron chi connectivity index (χ0n) is 9.96. The van der Waals surface area contributed by atoms with Crippen molar-refractivity contribution in [2.75, 3.05) is 0 Å². The number of aryl methyl sites for hydroxylation is 2. The van der Waals surface area contributed by atoms with E-state index < -0.39 is 0 Å². The van der Waals surface area contributed by atoms with Crippen molar-refractivity contribution in [1.82, 2.24) is 14.1 Å². The molecule has 2 aromatic heterocycles. The molecule has 0 saturated heterocycles. The van der Waals surface area contributed by atoms with E-state index in [1.165, 1.54) is 10.9 Å². The summed E-state index contributed by atoms with van der Waals surface area (Å²) in [4.78, 5) is 4.04. The van der Waals surface area contributed by atoms with Gasteiger partial charge in [-0.1, -0.05) is 17.7 Å². The highest BCUT2D eigenvalue weighted by molar-refractivity contribution is 6.31. The molecular weight excluding hydrogens is 246 g/mol. The SMILES string of the molecule is Clc1ccc2ccn(CCCn3ccnc3)c2c1. The van der Waals surface area contributed by atoms with Gasteiger partial charge in [0.15, 0.2) is 0 Å². The van der Waals surface area contributed by atoms with Crippen LogP contribution in [0.15, 0.2) is 49.2 Å². The van der Waals surface area contributed by atoms with Gasteiger partial charge in [-0.15, -0.1) is 0 Å². The Morgan fingerprint density at radius 3 is 2.89 bits per heavy atom. The van der Waals surface area contributed by atoms with E-state index in [0.717, 1.165) is 24.5 Å². The Morgan fingerprint density at radius 2 is 2.06 bits per heavy atom. The van der Waals surface area contributed by atoms with Gasteiger partial charge in [0.2, 0.25) is 0 Å². The zero-order chi connectivity index (χ0) is 12.4. The molecule has 0 atom stereocenters. The maximum Gasteiger partial charge on any atom is 0.0945 e. The van der Waals surface area contributed by atoms with Crippen LogP contribution in [0.2, 0.25) is 5.02 Å². The second-order valence-electron chi connectivity index (χ2n) is 4.37. The molecule has 0 aliphatic carbocycles. The van der Waals surface area contributed by atoms with Gasteiger partial charge in [-0.05, 0) is 30.0 Å². The van der Waals surface area contributed by atoms with E-state index in [-0.39, 0.29) is 0 Å². The molecule has 0 amide bonds. The average molecular weight is 260 g/mol. The van der Waals surface area contributed by atoms with Crippen LogP contribution < -0.4 is 0 Å². The molecule has 0 unspecified atom stereocenters. The summed E-state index contributed by atoms with van der Waals surface area (Å²) < 4.78 is 4.34. The lowest BCUT2D eigenvalue weighted by Gasteiger charge is -2.06. The summed E-state index contributed by atoms with van der Waals surface area (Å²) in [6.45, 7) is 1.97. The second kappa shape index (κ2) is 4.86. The minimum absolute atomic E-state index is 0.789. The number of imidazole rings is 1. The smallest absolute Gasteiger partial charge is 0.0945 e. The van der Waals surface area contributed by atoms with Crippen LogP contribution in [0.3, 0.4) is 0 Å². The number of hydrogen-bond donors (Lipinski definition) is 0. The van der Waals surface area contributed by atoms with Gasteiger partial charge in [0.05, 0.1) is 6.33 Å². The summed E-state index contributed by atoms with van der Waals surface area (Å²) in [5.41, 5.74) is 1.20. The highest BCUT2D eigenvalue weighted by Crippen LogP contribution is 2.20. The molecular formula is C14H14ClN3. The van der Waals surface area contributed by atoms with Gasteiger partial charge in [0.25, 0.3) is 0 Å². The van der Waals surface area contributed by atoms with E-state index in [0.29, 0.717) is 0 Å². The standard InChI is InChI=1S/C14H14ClN3/c15-13-3-2-12-4-8-18(14(12)10-13)7-1-6-17-9-5-16-11-17/h2-5,8-11H,1,6-7H2. The van der Waals surface area contributed by atoms with E-state index >= 15 is 0 Å². The summed E-state index contributed by atoms with van der Waals surface area (Å²) in [7, 11) is 0. The maximum absolute atomic E-state index is 6.04. The lowest BCUT2D eigenvalue weighted by atomic mass is 10.2. The van der Waals surface area contributed by atoms with E-state index in [4.69, 9.17) is 11.6 Å². The zero-order valence-corrected chi connectivity index (χ0v) is 10.7. The summed E-state index contributed by atoms with van der Waals surface area (Å²) >= 11 is 6.04. The number of nitrogens with zero attached hydrogens (tertiary/aromatic N) is 3. The first kappa shape index (κ1) is 11.4. The molecule has 4 heteroatoms. The Balaban J connectivity index is 1.72. The van der Waals surface area contributed by atoms with Gasteiger partial charge in [-0.3, -0.25) is 0 Å². The number of rotatable bonds is 4. The van der Waals surface area contributed by atoms with Crippen molar-refractivity contribution in [3.05, 3.63) is 54.2 Å². The predicted molar refractivity (Wildman–Crippen MR) is 73.8 cm³/mol. The first-order valence-corrected chi connectivity index (χ1v) is 6.41. The predicted octanol–water partition coefficient (Wildman–Crippen LogP) is 3.58. The number of hydrogen-bond acceptors (Lipinski definition) is 1. The Morgan fingerprint density at radius 1 is 1.11 bits per heavy atom. The molecule has 0 bridgehead atoms. The number of fused-ring (bicyclic) bond motifs is 1. The van der Waals surface area contributed by atoms with Crippen LogP contribution in [0.25, 0.3) is 10.9 Å². The second-order valence-corrected chi connectivity index (χ2v) is 4.80. The van der Waals surface area contributed by atoms with E-state index in [2.05, 4.69) is 32.4 Å². The Hall–Kier alpha value is -1.74. The molecule has 0 spiro atoms. The van der Waals surface area contributed by atoms with Crippen LogP contribution in [-0.2, 0) is 13.1 Å². The van der Waals surface area contributed by atoms with Gasteiger partial charge in [-0.2, -0.15) is 0 Å². The molecule has 3 aromatic rings. The maximum atomic E-state index is 6.04. The van der Waals surface area contributed by atoms with Gasteiger partial charge in [0.1, 0.15) is 0 Å². The Bertz CT molecular complexity index is 640. The molecule has 3 rings (SSSR count). The molecule has 92 valence electrons. The molecule has 0 aliphatic heterocycles. The highest BCUT2D eigenvalue weighted by atomic mass is 35.5. The molecule has 0 radical (unpaired) electrons. The number of aromatic nitrogens is 3. The minimum Gasteiger partial charge on any atom is -0.347 e. The Kier molecular flexibility index (Phi) is 3.07. The molecule has 3 nitrogen and oxygen atoms in total. The van der Waals surface area contributed by atoms with Crippen molar-refractivity contribution < 1.29 is 0 Å². The van der Waals surface area contributed by atoms with Crippen molar-refractivity contribution in [3.8, 4) is 0 Å². The third-order valence-electron chi connectivity index (χ3n) is 3.11. The quantitative estimate of drug-likeness (QED) is 0.702. The third-order valence-corrected chi connectivity index (χ3v) is 3.35. The molecule has 0 saturated carbocycles. The first-order chi connectivity index (χ1) is 8.83. The van der Waals surface area contributed by atoms with Crippen molar-refractivity contribution in [2.24, 2.45) is 0 Å². The van der Waals surface area contributed by atoms with Crippen LogP contribution in [-0.4, -0.2) is 14.1 Å². The topological polar surface area (TPSA) is 22.8 Å². The molecule has 0 fully saturated rings. The van der Waals surface area contributed by atoms with Crippen LogP contribution in [0.4, 0.5) is 0 Å². The van der Waals surface area contributed by atoms with Crippen LogP contribution in [0, 0.1) is 0 Å². The summed E-state index contributed by atoms with van der Waals surface area (Å²) in [5.74, 6) is 0. The highest BCUT2D eigenvalue weighted by Gasteiger charge is 2.01. The van der Waals surface area contributed by atoms with Crippen molar-refractivity contribution in [3.63, 3.8) is 0 Å². The summed E-state index contributed by atoms with van der Waals surface area (Å²) in [6.07, 6.45) is 8.85.